The molecule has 1 aromatic carbocycles. The molecule has 5 heteroatoms. The second-order valence-corrected chi connectivity index (χ2v) is 5.96. The van der Waals surface area contributed by atoms with Crippen molar-refractivity contribution in [3.05, 3.63) is 54.9 Å². The van der Waals surface area contributed by atoms with Crippen molar-refractivity contribution < 1.29 is 0 Å². The number of aromatic nitrogens is 2. The lowest BCUT2D eigenvalue weighted by atomic mass is 10.2. The maximum absolute atomic E-state index is 5.70. The smallest absolute Gasteiger partial charge is 0.180 e. The summed E-state index contributed by atoms with van der Waals surface area (Å²) in [6, 6.07) is 14.2. The first kappa shape index (κ1) is 12.2. The largest absolute Gasteiger partial charge is 0.375 e. The maximum Gasteiger partial charge on any atom is 0.180 e. The number of benzene rings is 1. The number of nitrogen functional groups attached to an aromatic ring is 1. The number of rotatable bonds is 3. The number of hydrogen-bond donors (Lipinski definition) is 1. The van der Waals surface area contributed by atoms with Gasteiger partial charge in [-0.05, 0) is 24.3 Å². The van der Waals surface area contributed by atoms with E-state index < -0.39 is 0 Å². The molecule has 0 saturated carbocycles. The van der Waals surface area contributed by atoms with Crippen LogP contribution in [0.3, 0.4) is 0 Å². The minimum atomic E-state index is 0.578. The molecule has 3 aromatic rings. The van der Waals surface area contributed by atoms with Gasteiger partial charge in [0.1, 0.15) is 5.03 Å². The van der Waals surface area contributed by atoms with Gasteiger partial charge in [-0.1, -0.05) is 41.3 Å². The molecule has 0 aliphatic heterocycles. The lowest BCUT2D eigenvalue weighted by Crippen LogP contribution is -1.84. The average Bonchev–Trinajstić information content (AvgIpc) is 2.87. The summed E-state index contributed by atoms with van der Waals surface area (Å²) in [7, 11) is 0. The predicted molar refractivity (Wildman–Crippen MR) is 80.3 cm³/mol. The molecule has 2 heterocycles. The minimum absolute atomic E-state index is 0.578. The third-order valence-electron chi connectivity index (χ3n) is 2.52. The summed E-state index contributed by atoms with van der Waals surface area (Å²) in [5.74, 6) is 0. The van der Waals surface area contributed by atoms with E-state index in [1.807, 2.05) is 30.3 Å². The van der Waals surface area contributed by atoms with E-state index in [1.54, 1.807) is 24.2 Å². The maximum atomic E-state index is 5.70. The number of pyridine rings is 1. The monoisotopic (exact) mass is 285 g/mol. The zero-order valence-electron chi connectivity index (χ0n) is 9.98. The molecular formula is C14H11N3S2. The summed E-state index contributed by atoms with van der Waals surface area (Å²) in [6.45, 7) is 0. The summed E-state index contributed by atoms with van der Waals surface area (Å²) in [6.07, 6.45) is 3.60. The molecule has 0 amide bonds. The van der Waals surface area contributed by atoms with Crippen LogP contribution in [0.2, 0.25) is 0 Å². The van der Waals surface area contributed by atoms with Gasteiger partial charge in [0.25, 0.3) is 0 Å². The van der Waals surface area contributed by atoms with Crippen LogP contribution in [0, 0.1) is 0 Å². The Balaban J connectivity index is 1.98. The van der Waals surface area contributed by atoms with Crippen LogP contribution in [0.5, 0.6) is 0 Å². The van der Waals surface area contributed by atoms with Gasteiger partial charge in [0.15, 0.2) is 5.13 Å². The summed E-state index contributed by atoms with van der Waals surface area (Å²) < 4.78 is 0. The topological polar surface area (TPSA) is 51.8 Å². The predicted octanol–water partition coefficient (Wildman–Crippen LogP) is 3.94. The fraction of sp³-hybridized carbons (Fsp3) is 0. The second-order valence-electron chi connectivity index (χ2n) is 3.83. The number of nitrogens with two attached hydrogens (primary N) is 1. The Labute approximate surface area is 119 Å². The first-order valence-corrected chi connectivity index (χ1v) is 7.36. The van der Waals surface area contributed by atoms with Crippen LogP contribution in [0.1, 0.15) is 0 Å². The van der Waals surface area contributed by atoms with Gasteiger partial charge in [0.05, 0.1) is 4.88 Å². The van der Waals surface area contributed by atoms with Crippen LogP contribution in [0.25, 0.3) is 10.4 Å². The highest BCUT2D eigenvalue weighted by Gasteiger charge is 2.10. The van der Waals surface area contributed by atoms with Gasteiger partial charge in [-0.25, -0.2) is 9.97 Å². The molecule has 0 spiro atoms. The Bertz CT molecular complexity index is 680. The van der Waals surface area contributed by atoms with E-state index in [0.717, 1.165) is 15.5 Å². The first-order chi connectivity index (χ1) is 9.33. The molecule has 0 aliphatic carbocycles. The van der Waals surface area contributed by atoms with Crippen molar-refractivity contribution in [2.24, 2.45) is 0 Å². The third-order valence-corrected chi connectivity index (χ3v) is 4.40. The molecule has 94 valence electrons. The van der Waals surface area contributed by atoms with Gasteiger partial charge >= 0.3 is 0 Å². The van der Waals surface area contributed by atoms with Gasteiger partial charge in [-0.15, -0.1) is 0 Å². The molecule has 0 bridgehead atoms. The molecule has 0 aliphatic rings. The molecule has 2 N–H and O–H groups in total. The number of thiazole rings is 1. The summed E-state index contributed by atoms with van der Waals surface area (Å²) in [5.41, 5.74) is 6.77. The molecule has 19 heavy (non-hydrogen) atoms. The Kier molecular flexibility index (Phi) is 3.48. The lowest BCUT2D eigenvalue weighted by molar-refractivity contribution is 1.14. The quantitative estimate of drug-likeness (QED) is 0.792. The normalized spacial score (nSPS) is 10.5. The van der Waals surface area contributed by atoms with E-state index in [-0.39, 0.29) is 0 Å². The van der Waals surface area contributed by atoms with Crippen LogP contribution < -0.4 is 5.73 Å². The third kappa shape index (κ3) is 2.77. The van der Waals surface area contributed by atoms with Crippen molar-refractivity contribution in [3.8, 4) is 10.4 Å². The van der Waals surface area contributed by atoms with Crippen LogP contribution in [0.4, 0.5) is 5.13 Å². The first-order valence-electron chi connectivity index (χ1n) is 5.72. The van der Waals surface area contributed by atoms with Crippen molar-refractivity contribution >= 4 is 28.2 Å². The number of nitrogens with zero attached hydrogens (tertiary/aromatic N) is 2. The Morgan fingerprint density at radius 1 is 1.00 bits per heavy atom. The molecule has 3 nitrogen and oxygen atoms in total. The molecule has 0 unspecified atom stereocenters. The Morgan fingerprint density at radius 3 is 2.58 bits per heavy atom. The van der Waals surface area contributed by atoms with Crippen molar-refractivity contribution in [2.75, 3.05) is 5.73 Å². The van der Waals surface area contributed by atoms with Crippen LogP contribution in [-0.2, 0) is 0 Å². The molecule has 0 atom stereocenters. The minimum Gasteiger partial charge on any atom is -0.375 e. The van der Waals surface area contributed by atoms with E-state index in [2.05, 4.69) is 22.1 Å². The zero-order valence-corrected chi connectivity index (χ0v) is 11.6. The zero-order chi connectivity index (χ0) is 13.1. The molecule has 2 aromatic heterocycles. The molecule has 3 rings (SSSR count). The standard InChI is InChI=1S/C14H11N3S2/c15-14-17-9-12(19-14)11-7-4-8-16-13(11)18-10-5-2-1-3-6-10/h1-9H,(H2,15,17). The molecule has 0 radical (unpaired) electrons. The molecule has 0 fully saturated rings. The summed E-state index contributed by atoms with van der Waals surface area (Å²) >= 11 is 3.12. The van der Waals surface area contributed by atoms with Gasteiger partial charge in [-0.2, -0.15) is 0 Å². The highest BCUT2D eigenvalue weighted by atomic mass is 32.2. The summed E-state index contributed by atoms with van der Waals surface area (Å²) in [4.78, 5) is 10.8. The SMILES string of the molecule is Nc1ncc(-c2cccnc2Sc2ccccc2)s1. The van der Waals surface area contributed by atoms with Crippen LogP contribution >= 0.6 is 23.1 Å². The number of anilines is 1. The molecular weight excluding hydrogens is 274 g/mol. The van der Waals surface area contributed by atoms with Gasteiger partial charge < -0.3 is 5.73 Å². The van der Waals surface area contributed by atoms with E-state index in [4.69, 9.17) is 5.73 Å². The van der Waals surface area contributed by atoms with E-state index >= 15 is 0 Å². The Hall–Kier alpha value is -1.85. The van der Waals surface area contributed by atoms with Crippen LogP contribution in [0.15, 0.2) is 64.8 Å². The van der Waals surface area contributed by atoms with Gasteiger partial charge in [0.2, 0.25) is 0 Å². The van der Waals surface area contributed by atoms with E-state index in [9.17, 15) is 0 Å². The van der Waals surface area contributed by atoms with Gasteiger partial charge in [0, 0.05) is 22.9 Å². The number of hydrogen-bond acceptors (Lipinski definition) is 5. The lowest BCUT2D eigenvalue weighted by Gasteiger charge is -2.05. The fourth-order valence-corrected chi connectivity index (χ4v) is 3.37. The van der Waals surface area contributed by atoms with Crippen molar-refractivity contribution in [1.82, 2.24) is 9.97 Å². The van der Waals surface area contributed by atoms with Crippen molar-refractivity contribution in [3.63, 3.8) is 0 Å². The average molecular weight is 285 g/mol. The molecule has 0 saturated heterocycles. The fourth-order valence-electron chi connectivity index (χ4n) is 1.67. The Morgan fingerprint density at radius 2 is 1.84 bits per heavy atom. The van der Waals surface area contributed by atoms with E-state index in [1.165, 1.54) is 16.2 Å². The van der Waals surface area contributed by atoms with Crippen molar-refractivity contribution in [1.29, 1.82) is 0 Å². The van der Waals surface area contributed by atoms with Gasteiger partial charge in [-0.3, -0.25) is 0 Å². The van der Waals surface area contributed by atoms with Crippen LogP contribution in [-0.4, -0.2) is 9.97 Å². The summed E-state index contributed by atoms with van der Waals surface area (Å²) in [5, 5.41) is 1.55. The van der Waals surface area contributed by atoms with Crippen molar-refractivity contribution in [2.45, 2.75) is 9.92 Å². The second kappa shape index (κ2) is 5.42. The highest BCUT2D eigenvalue weighted by Crippen LogP contribution is 2.36. The van der Waals surface area contributed by atoms with E-state index in [0.29, 0.717) is 5.13 Å². The highest BCUT2D eigenvalue weighted by molar-refractivity contribution is 7.99.